The maximum atomic E-state index is 12.0. The number of aromatic carboxylic acids is 1. The van der Waals surface area contributed by atoms with Crippen molar-refractivity contribution in [1.82, 2.24) is 20.5 Å². The van der Waals surface area contributed by atoms with Crippen molar-refractivity contribution in [1.29, 1.82) is 0 Å². The van der Waals surface area contributed by atoms with E-state index in [9.17, 15) is 19.2 Å². The van der Waals surface area contributed by atoms with Crippen LogP contribution < -0.4 is 10.6 Å². The van der Waals surface area contributed by atoms with Gasteiger partial charge in [-0.1, -0.05) is 0 Å². The molecule has 1 aliphatic rings. The van der Waals surface area contributed by atoms with Crippen molar-refractivity contribution in [2.24, 2.45) is 0 Å². The summed E-state index contributed by atoms with van der Waals surface area (Å²) in [7, 11) is 0. The van der Waals surface area contributed by atoms with Crippen LogP contribution in [0.15, 0.2) is 5.38 Å². The predicted molar refractivity (Wildman–Crippen MR) is 70.7 cm³/mol. The van der Waals surface area contributed by atoms with Crippen LogP contribution in [-0.2, 0) is 9.59 Å². The molecule has 0 aromatic carbocycles. The topological polar surface area (TPSA) is 129 Å². The number of thiazole rings is 1. The maximum Gasteiger partial charge on any atom is 0.355 e. The highest BCUT2D eigenvalue weighted by molar-refractivity contribution is 7.09. The molecule has 9 nitrogen and oxygen atoms in total. The minimum atomic E-state index is -1.14. The summed E-state index contributed by atoms with van der Waals surface area (Å²) >= 11 is 1.10. The SMILES string of the molecule is CC(NC(=O)N1CC(=O)NC(=O)C1)c1nc(C(=O)O)cs1. The Balaban J connectivity index is 1.99. The smallest absolute Gasteiger partial charge is 0.355 e. The van der Waals surface area contributed by atoms with Gasteiger partial charge < -0.3 is 15.3 Å². The molecule has 0 spiro atoms. The fourth-order valence-electron chi connectivity index (χ4n) is 1.70. The normalized spacial score (nSPS) is 16.3. The molecule has 0 bridgehead atoms. The Morgan fingerprint density at radius 3 is 2.57 bits per heavy atom. The van der Waals surface area contributed by atoms with Crippen molar-refractivity contribution >= 4 is 35.2 Å². The summed E-state index contributed by atoms with van der Waals surface area (Å²) in [6, 6.07) is -1.12. The number of nitrogens with one attached hydrogen (secondary N) is 2. The van der Waals surface area contributed by atoms with E-state index in [-0.39, 0.29) is 18.8 Å². The summed E-state index contributed by atoms with van der Waals surface area (Å²) in [5, 5.41) is 15.2. The summed E-state index contributed by atoms with van der Waals surface area (Å²) in [6.45, 7) is 1.22. The molecule has 1 aromatic heterocycles. The highest BCUT2D eigenvalue weighted by atomic mass is 32.1. The van der Waals surface area contributed by atoms with Gasteiger partial charge in [0.2, 0.25) is 11.8 Å². The van der Waals surface area contributed by atoms with Gasteiger partial charge in [0, 0.05) is 5.38 Å². The lowest BCUT2D eigenvalue weighted by Crippen LogP contribution is -2.55. The second-order valence-corrected chi connectivity index (χ2v) is 5.26. The number of urea groups is 1. The molecule has 0 saturated carbocycles. The number of amides is 4. The van der Waals surface area contributed by atoms with Crippen LogP contribution in [0.1, 0.15) is 28.5 Å². The molecular weight excluding hydrogens is 300 g/mol. The van der Waals surface area contributed by atoms with E-state index in [1.807, 2.05) is 0 Å². The summed E-state index contributed by atoms with van der Waals surface area (Å²) in [4.78, 5) is 50.0. The molecular formula is C11H12N4O5S. The van der Waals surface area contributed by atoms with Crippen molar-refractivity contribution < 1.29 is 24.3 Å². The van der Waals surface area contributed by atoms with Crippen LogP contribution in [0, 0.1) is 0 Å². The van der Waals surface area contributed by atoms with Crippen molar-refractivity contribution in [2.45, 2.75) is 13.0 Å². The number of carboxylic acids is 1. The number of aromatic nitrogens is 1. The lowest BCUT2D eigenvalue weighted by atomic mass is 10.3. The highest BCUT2D eigenvalue weighted by Crippen LogP contribution is 2.18. The molecule has 21 heavy (non-hydrogen) atoms. The zero-order valence-corrected chi connectivity index (χ0v) is 11.8. The first kappa shape index (κ1) is 14.9. The van der Waals surface area contributed by atoms with Crippen LogP contribution in [0.4, 0.5) is 4.79 Å². The Kier molecular flexibility index (Phi) is 4.17. The second-order valence-electron chi connectivity index (χ2n) is 4.37. The standard InChI is InChI=1S/C11H12N4O5S/c1-5(9-13-6(4-21-9)10(18)19)12-11(20)15-2-7(16)14-8(17)3-15/h4-5H,2-3H2,1H3,(H,12,20)(H,18,19)(H,14,16,17). The minimum absolute atomic E-state index is 0.0939. The van der Waals surface area contributed by atoms with Crippen molar-refractivity contribution in [3.63, 3.8) is 0 Å². The van der Waals surface area contributed by atoms with E-state index in [2.05, 4.69) is 15.6 Å². The molecule has 4 amide bonds. The zero-order chi connectivity index (χ0) is 15.6. The third-order valence-electron chi connectivity index (χ3n) is 2.69. The molecule has 1 aliphatic heterocycles. The van der Waals surface area contributed by atoms with Gasteiger partial charge in [-0.3, -0.25) is 14.9 Å². The number of piperazine rings is 1. The zero-order valence-electron chi connectivity index (χ0n) is 11.0. The van der Waals surface area contributed by atoms with Gasteiger partial charge in [0.15, 0.2) is 5.69 Å². The number of rotatable bonds is 3. The summed E-state index contributed by atoms with van der Waals surface area (Å²) in [6.07, 6.45) is 0. The quantitative estimate of drug-likeness (QED) is 0.650. The average Bonchev–Trinajstić information content (AvgIpc) is 2.87. The number of carbonyl (C=O) groups excluding carboxylic acids is 3. The lowest BCUT2D eigenvalue weighted by molar-refractivity contribution is -0.134. The molecule has 1 fully saturated rings. The van der Waals surface area contributed by atoms with Crippen LogP contribution >= 0.6 is 11.3 Å². The molecule has 1 aromatic rings. The Bertz CT molecular complexity index is 598. The monoisotopic (exact) mass is 312 g/mol. The summed E-state index contributed by atoms with van der Waals surface area (Å²) < 4.78 is 0. The van der Waals surface area contributed by atoms with Gasteiger partial charge in [0.1, 0.15) is 18.1 Å². The largest absolute Gasteiger partial charge is 0.476 e. The summed E-state index contributed by atoms with van der Waals surface area (Å²) in [5.74, 6) is -2.23. The molecule has 112 valence electrons. The number of hydrogen-bond donors (Lipinski definition) is 3. The Labute approximate surface area is 123 Å². The number of nitrogens with zero attached hydrogens (tertiary/aromatic N) is 2. The van der Waals surface area contributed by atoms with Crippen LogP contribution in [-0.4, -0.2) is 51.9 Å². The number of carboxylic acid groups (broad SMARTS) is 1. The molecule has 1 saturated heterocycles. The highest BCUT2D eigenvalue weighted by Gasteiger charge is 2.27. The molecule has 10 heteroatoms. The van der Waals surface area contributed by atoms with Gasteiger partial charge in [-0.05, 0) is 6.92 Å². The van der Waals surface area contributed by atoms with Crippen LogP contribution in [0.25, 0.3) is 0 Å². The molecule has 1 unspecified atom stereocenters. The van der Waals surface area contributed by atoms with Crippen LogP contribution in [0.3, 0.4) is 0 Å². The van der Waals surface area contributed by atoms with Gasteiger partial charge in [0.25, 0.3) is 0 Å². The van der Waals surface area contributed by atoms with E-state index in [1.54, 1.807) is 6.92 Å². The predicted octanol–water partition coefficient (Wildman–Crippen LogP) is -0.430. The van der Waals surface area contributed by atoms with E-state index in [1.165, 1.54) is 5.38 Å². The summed E-state index contributed by atoms with van der Waals surface area (Å²) in [5.41, 5.74) is -0.0939. The Hall–Kier alpha value is -2.49. The Morgan fingerprint density at radius 1 is 1.43 bits per heavy atom. The van der Waals surface area contributed by atoms with Crippen molar-refractivity contribution in [3.8, 4) is 0 Å². The Morgan fingerprint density at radius 2 is 2.05 bits per heavy atom. The van der Waals surface area contributed by atoms with Crippen molar-refractivity contribution in [2.75, 3.05) is 13.1 Å². The van der Waals surface area contributed by atoms with Gasteiger partial charge in [0.05, 0.1) is 6.04 Å². The molecule has 2 rings (SSSR count). The maximum absolute atomic E-state index is 12.0. The van der Waals surface area contributed by atoms with E-state index in [0.29, 0.717) is 5.01 Å². The fourth-order valence-corrected chi connectivity index (χ4v) is 2.50. The van der Waals surface area contributed by atoms with E-state index in [4.69, 9.17) is 5.11 Å². The van der Waals surface area contributed by atoms with E-state index in [0.717, 1.165) is 16.2 Å². The van der Waals surface area contributed by atoms with Crippen LogP contribution in [0.5, 0.6) is 0 Å². The lowest BCUT2D eigenvalue weighted by Gasteiger charge is -2.26. The molecule has 0 aliphatic carbocycles. The van der Waals surface area contributed by atoms with Gasteiger partial charge >= 0.3 is 12.0 Å². The first-order valence-corrected chi connectivity index (χ1v) is 6.81. The minimum Gasteiger partial charge on any atom is -0.476 e. The number of hydrogen-bond acceptors (Lipinski definition) is 6. The first-order chi connectivity index (χ1) is 9.86. The van der Waals surface area contributed by atoms with Gasteiger partial charge in [-0.2, -0.15) is 0 Å². The molecule has 3 N–H and O–H groups in total. The van der Waals surface area contributed by atoms with Gasteiger partial charge in [-0.25, -0.2) is 14.6 Å². The molecule has 0 radical (unpaired) electrons. The third kappa shape index (κ3) is 3.54. The molecule has 2 heterocycles. The van der Waals surface area contributed by atoms with Crippen molar-refractivity contribution in [3.05, 3.63) is 16.1 Å². The first-order valence-electron chi connectivity index (χ1n) is 5.93. The van der Waals surface area contributed by atoms with Gasteiger partial charge in [-0.15, -0.1) is 11.3 Å². The third-order valence-corrected chi connectivity index (χ3v) is 3.71. The number of carbonyl (C=O) groups is 4. The second kappa shape index (κ2) is 5.87. The van der Waals surface area contributed by atoms with Crippen LogP contribution in [0.2, 0.25) is 0 Å². The van der Waals surface area contributed by atoms with E-state index < -0.39 is 29.9 Å². The average molecular weight is 312 g/mol. The fraction of sp³-hybridized carbons (Fsp3) is 0.364. The molecule has 1 atom stereocenters. The van der Waals surface area contributed by atoms with E-state index >= 15 is 0 Å². The number of imide groups is 1.